The SMILES string of the molecule is CC(C)N1CCCC(CC(C)N2CCNCC2)C1. The molecule has 3 nitrogen and oxygen atoms in total. The van der Waals surface area contributed by atoms with Crippen LogP contribution >= 0.6 is 0 Å². The molecule has 1 N–H and O–H groups in total. The summed E-state index contributed by atoms with van der Waals surface area (Å²) in [6.07, 6.45) is 4.24. The van der Waals surface area contributed by atoms with Gasteiger partial charge in [-0.25, -0.2) is 0 Å². The molecule has 0 aliphatic carbocycles. The van der Waals surface area contributed by atoms with E-state index in [-0.39, 0.29) is 0 Å². The van der Waals surface area contributed by atoms with Crippen LogP contribution in [0.2, 0.25) is 0 Å². The Bertz CT molecular complexity index is 236. The molecule has 18 heavy (non-hydrogen) atoms. The number of piperazine rings is 1. The summed E-state index contributed by atoms with van der Waals surface area (Å²) in [6.45, 7) is 14.6. The van der Waals surface area contributed by atoms with Gasteiger partial charge in [-0.05, 0) is 52.5 Å². The number of likely N-dealkylation sites (tertiary alicyclic amines) is 1. The molecule has 0 bridgehead atoms. The van der Waals surface area contributed by atoms with Crippen molar-refractivity contribution in [2.75, 3.05) is 39.3 Å². The maximum Gasteiger partial charge on any atom is 0.0110 e. The molecule has 0 saturated carbocycles. The van der Waals surface area contributed by atoms with Gasteiger partial charge in [0, 0.05) is 44.8 Å². The van der Waals surface area contributed by atoms with E-state index in [9.17, 15) is 0 Å². The molecule has 2 fully saturated rings. The highest BCUT2D eigenvalue weighted by atomic mass is 15.2. The van der Waals surface area contributed by atoms with E-state index < -0.39 is 0 Å². The molecule has 0 amide bonds. The van der Waals surface area contributed by atoms with Crippen LogP contribution in [0, 0.1) is 5.92 Å². The van der Waals surface area contributed by atoms with Crippen LogP contribution < -0.4 is 5.32 Å². The third-order valence-electron chi connectivity index (χ3n) is 4.73. The van der Waals surface area contributed by atoms with Gasteiger partial charge >= 0.3 is 0 Å². The van der Waals surface area contributed by atoms with Crippen LogP contribution in [0.1, 0.15) is 40.0 Å². The zero-order chi connectivity index (χ0) is 13.0. The van der Waals surface area contributed by atoms with Crippen LogP contribution in [0.4, 0.5) is 0 Å². The first kappa shape index (κ1) is 14.3. The Labute approximate surface area is 113 Å². The van der Waals surface area contributed by atoms with Crippen molar-refractivity contribution >= 4 is 0 Å². The number of rotatable bonds is 4. The van der Waals surface area contributed by atoms with Crippen LogP contribution in [0.25, 0.3) is 0 Å². The van der Waals surface area contributed by atoms with Gasteiger partial charge in [-0.3, -0.25) is 4.90 Å². The van der Waals surface area contributed by atoms with Gasteiger partial charge < -0.3 is 10.2 Å². The zero-order valence-corrected chi connectivity index (χ0v) is 12.5. The Morgan fingerprint density at radius 1 is 1.06 bits per heavy atom. The fourth-order valence-electron chi connectivity index (χ4n) is 3.51. The lowest BCUT2D eigenvalue weighted by molar-refractivity contribution is 0.102. The van der Waals surface area contributed by atoms with Gasteiger partial charge in [-0.15, -0.1) is 0 Å². The first-order chi connectivity index (χ1) is 8.66. The highest BCUT2D eigenvalue weighted by molar-refractivity contribution is 4.81. The van der Waals surface area contributed by atoms with Gasteiger partial charge in [0.15, 0.2) is 0 Å². The van der Waals surface area contributed by atoms with Gasteiger partial charge in [0.1, 0.15) is 0 Å². The van der Waals surface area contributed by atoms with Crippen molar-refractivity contribution in [3.05, 3.63) is 0 Å². The van der Waals surface area contributed by atoms with E-state index in [4.69, 9.17) is 0 Å². The Balaban J connectivity index is 1.77. The van der Waals surface area contributed by atoms with Crippen LogP contribution in [-0.2, 0) is 0 Å². The smallest absolute Gasteiger partial charge is 0.0110 e. The van der Waals surface area contributed by atoms with E-state index >= 15 is 0 Å². The van der Waals surface area contributed by atoms with E-state index in [1.54, 1.807) is 0 Å². The average Bonchev–Trinajstić information content (AvgIpc) is 2.40. The number of nitrogens with one attached hydrogen (secondary N) is 1. The minimum atomic E-state index is 0.724. The minimum absolute atomic E-state index is 0.724. The molecular weight excluding hydrogens is 222 g/mol. The second-order valence-corrected chi connectivity index (χ2v) is 6.47. The summed E-state index contributed by atoms with van der Waals surface area (Å²) < 4.78 is 0. The first-order valence-electron chi connectivity index (χ1n) is 7.85. The molecule has 2 unspecified atom stereocenters. The molecule has 0 radical (unpaired) electrons. The van der Waals surface area contributed by atoms with Gasteiger partial charge in [-0.1, -0.05) is 0 Å². The summed E-state index contributed by atoms with van der Waals surface area (Å²) in [6, 6.07) is 1.49. The fourth-order valence-corrected chi connectivity index (χ4v) is 3.51. The van der Waals surface area contributed by atoms with Crippen molar-refractivity contribution in [2.45, 2.75) is 52.1 Å². The quantitative estimate of drug-likeness (QED) is 0.824. The van der Waals surface area contributed by atoms with E-state index in [1.165, 1.54) is 58.5 Å². The highest BCUT2D eigenvalue weighted by Gasteiger charge is 2.25. The molecule has 2 heterocycles. The third kappa shape index (κ3) is 3.94. The molecule has 0 spiro atoms. The molecule has 2 saturated heterocycles. The molecule has 0 aromatic heterocycles. The third-order valence-corrected chi connectivity index (χ3v) is 4.73. The molecule has 2 rings (SSSR count). The van der Waals surface area contributed by atoms with Crippen LogP contribution in [0.3, 0.4) is 0 Å². The molecule has 0 aromatic carbocycles. The zero-order valence-electron chi connectivity index (χ0n) is 12.5. The van der Waals surface area contributed by atoms with E-state index in [0.717, 1.165) is 18.0 Å². The summed E-state index contributed by atoms with van der Waals surface area (Å²) >= 11 is 0. The maximum absolute atomic E-state index is 3.45. The van der Waals surface area contributed by atoms with Gasteiger partial charge in [0.2, 0.25) is 0 Å². The number of nitrogens with zero attached hydrogens (tertiary/aromatic N) is 2. The van der Waals surface area contributed by atoms with E-state index in [2.05, 4.69) is 35.9 Å². The Morgan fingerprint density at radius 2 is 1.78 bits per heavy atom. The summed E-state index contributed by atoms with van der Waals surface area (Å²) in [7, 11) is 0. The largest absolute Gasteiger partial charge is 0.314 e. The van der Waals surface area contributed by atoms with Crippen molar-refractivity contribution < 1.29 is 0 Å². The molecule has 0 aromatic rings. The summed E-state index contributed by atoms with van der Waals surface area (Å²) in [5.74, 6) is 0.922. The highest BCUT2D eigenvalue weighted by Crippen LogP contribution is 2.24. The molecule has 2 aliphatic rings. The van der Waals surface area contributed by atoms with Crippen molar-refractivity contribution in [1.82, 2.24) is 15.1 Å². The second-order valence-electron chi connectivity index (χ2n) is 6.47. The fraction of sp³-hybridized carbons (Fsp3) is 1.00. The van der Waals surface area contributed by atoms with Crippen LogP contribution in [0.15, 0.2) is 0 Å². The Hall–Kier alpha value is -0.120. The van der Waals surface area contributed by atoms with Gasteiger partial charge in [-0.2, -0.15) is 0 Å². The lowest BCUT2D eigenvalue weighted by atomic mass is 9.90. The van der Waals surface area contributed by atoms with Crippen LogP contribution in [-0.4, -0.2) is 61.2 Å². The number of hydrogen-bond acceptors (Lipinski definition) is 3. The standard InChI is InChI=1S/C15H31N3/c1-13(2)18-8-4-5-15(12-18)11-14(3)17-9-6-16-7-10-17/h13-16H,4-12H2,1-3H3. The summed E-state index contributed by atoms with van der Waals surface area (Å²) in [5.41, 5.74) is 0. The topological polar surface area (TPSA) is 18.5 Å². The van der Waals surface area contributed by atoms with E-state index in [0.29, 0.717) is 0 Å². The molecule has 3 heteroatoms. The molecule has 2 atom stereocenters. The van der Waals surface area contributed by atoms with Gasteiger partial charge in [0.25, 0.3) is 0 Å². The minimum Gasteiger partial charge on any atom is -0.314 e. The normalized spacial score (nSPS) is 29.7. The van der Waals surface area contributed by atoms with Crippen molar-refractivity contribution in [1.29, 1.82) is 0 Å². The Morgan fingerprint density at radius 3 is 2.44 bits per heavy atom. The second kappa shape index (κ2) is 6.88. The van der Waals surface area contributed by atoms with E-state index in [1.807, 2.05) is 0 Å². The van der Waals surface area contributed by atoms with Crippen molar-refractivity contribution in [2.24, 2.45) is 5.92 Å². The maximum atomic E-state index is 3.45. The monoisotopic (exact) mass is 253 g/mol. The molecular formula is C15H31N3. The average molecular weight is 253 g/mol. The van der Waals surface area contributed by atoms with Gasteiger partial charge in [0.05, 0.1) is 0 Å². The summed E-state index contributed by atoms with van der Waals surface area (Å²) in [5, 5.41) is 3.45. The molecule has 2 aliphatic heterocycles. The molecule has 106 valence electrons. The number of piperidine rings is 1. The summed E-state index contributed by atoms with van der Waals surface area (Å²) in [4.78, 5) is 5.34. The predicted molar refractivity (Wildman–Crippen MR) is 78.0 cm³/mol. The lowest BCUT2D eigenvalue weighted by Gasteiger charge is -2.39. The van der Waals surface area contributed by atoms with Crippen molar-refractivity contribution in [3.8, 4) is 0 Å². The first-order valence-corrected chi connectivity index (χ1v) is 7.85. The number of hydrogen-bond donors (Lipinski definition) is 1. The van der Waals surface area contributed by atoms with Crippen LogP contribution in [0.5, 0.6) is 0 Å². The predicted octanol–water partition coefficient (Wildman–Crippen LogP) is 1.79. The van der Waals surface area contributed by atoms with Crippen molar-refractivity contribution in [3.63, 3.8) is 0 Å². The lowest BCUT2D eigenvalue weighted by Crippen LogP contribution is -2.49. The Kier molecular flexibility index (Phi) is 5.46.